The Labute approximate surface area is 187 Å². The highest BCUT2D eigenvalue weighted by Crippen LogP contribution is 2.22. The van der Waals surface area contributed by atoms with Crippen LogP contribution in [0.15, 0.2) is 42.5 Å². The van der Waals surface area contributed by atoms with Gasteiger partial charge in [-0.05, 0) is 74.6 Å². The van der Waals surface area contributed by atoms with Crippen molar-refractivity contribution in [3.05, 3.63) is 65.2 Å². The number of likely N-dealkylation sites (tertiary alicyclic amines) is 2. The molecule has 2 aromatic rings. The Morgan fingerprint density at radius 2 is 1.59 bits per heavy atom. The van der Waals surface area contributed by atoms with Crippen molar-refractivity contribution in [3.63, 3.8) is 0 Å². The molecule has 2 aliphatic rings. The summed E-state index contributed by atoms with van der Waals surface area (Å²) < 4.78 is 33.4. The molecule has 2 aromatic carbocycles. The third-order valence-electron chi connectivity index (χ3n) is 6.20. The maximum Gasteiger partial charge on any atom is 0.256 e. The van der Waals surface area contributed by atoms with Crippen LogP contribution in [0, 0.1) is 17.6 Å². The van der Waals surface area contributed by atoms with E-state index < -0.39 is 17.5 Å². The number of carbonyl (C=O) groups is 2. The molecule has 2 amide bonds. The first-order chi connectivity index (χ1) is 15.5. The number of benzene rings is 2. The summed E-state index contributed by atoms with van der Waals surface area (Å²) in [6.45, 7) is 2.98. The van der Waals surface area contributed by atoms with Crippen molar-refractivity contribution in [1.82, 2.24) is 9.80 Å². The van der Waals surface area contributed by atoms with Crippen LogP contribution in [0.5, 0.6) is 5.75 Å². The van der Waals surface area contributed by atoms with Crippen molar-refractivity contribution < 1.29 is 23.1 Å². The lowest BCUT2D eigenvalue weighted by atomic mass is 9.98. The van der Waals surface area contributed by atoms with Gasteiger partial charge in [-0.1, -0.05) is 0 Å². The summed E-state index contributed by atoms with van der Waals surface area (Å²) in [4.78, 5) is 28.7. The summed E-state index contributed by atoms with van der Waals surface area (Å²) >= 11 is 0. The molecule has 0 aliphatic carbocycles. The molecule has 5 nitrogen and oxygen atoms in total. The van der Waals surface area contributed by atoms with Gasteiger partial charge in [0.15, 0.2) is 0 Å². The van der Waals surface area contributed by atoms with Crippen LogP contribution in [-0.2, 0) is 0 Å². The molecule has 0 N–H and O–H groups in total. The summed E-state index contributed by atoms with van der Waals surface area (Å²) in [5, 5.41) is 0. The van der Waals surface area contributed by atoms with E-state index >= 15 is 0 Å². The Morgan fingerprint density at radius 3 is 2.34 bits per heavy atom. The molecule has 2 saturated heterocycles. The molecular formula is C25H28F2N2O3. The summed E-state index contributed by atoms with van der Waals surface area (Å²) in [5.41, 5.74) is 0.423. The number of ether oxygens (including phenoxy) is 1. The van der Waals surface area contributed by atoms with E-state index in [1.54, 1.807) is 29.2 Å². The lowest BCUT2D eigenvalue weighted by Crippen LogP contribution is -2.42. The maximum absolute atomic E-state index is 14.0. The summed E-state index contributed by atoms with van der Waals surface area (Å²) in [5.74, 6) is -1.02. The fourth-order valence-electron chi connectivity index (χ4n) is 4.40. The second kappa shape index (κ2) is 10.1. The van der Waals surface area contributed by atoms with E-state index in [1.165, 1.54) is 6.42 Å². The van der Waals surface area contributed by atoms with Crippen molar-refractivity contribution in [3.8, 4) is 5.75 Å². The second-order valence-corrected chi connectivity index (χ2v) is 8.57. The molecule has 1 atom stereocenters. The van der Waals surface area contributed by atoms with Crippen LogP contribution < -0.4 is 4.74 Å². The zero-order valence-electron chi connectivity index (χ0n) is 18.1. The highest BCUT2D eigenvalue weighted by molar-refractivity contribution is 5.95. The Balaban J connectivity index is 1.31. The number of piperidine rings is 2. The topological polar surface area (TPSA) is 49.9 Å². The predicted octanol–water partition coefficient (Wildman–Crippen LogP) is 4.52. The Kier molecular flexibility index (Phi) is 7.02. The lowest BCUT2D eigenvalue weighted by molar-refractivity contribution is 0.0628. The minimum Gasteiger partial charge on any atom is -0.493 e. The van der Waals surface area contributed by atoms with E-state index in [9.17, 15) is 18.4 Å². The summed E-state index contributed by atoms with van der Waals surface area (Å²) in [6, 6.07) is 10.1. The molecule has 0 aromatic heterocycles. The molecule has 0 bridgehead atoms. The number of nitrogens with zero attached hydrogens (tertiary/aromatic N) is 2. The highest BCUT2D eigenvalue weighted by atomic mass is 19.1. The molecule has 0 saturated carbocycles. The quantitative estimate of drug-likeness (QED) is 0.684. The third kappa shape index (κ3) is 5.26. The molecule has 0 spiro atoms. The van der Waals surface area contributed by atoms with Crippen LogP contribution in [0.3, 0.4) is 0 Å². The fraction of sp³-hybridized carbons (Fsp3) is 0.440. The van der Waals surface area contributed by atoms with E-state index in [2.05, 4.69) is 0 Å². The van der Waals surface area contributed by atoms with E-state index in [4.69, 9.17) is 4.74 Å². The van der Waals surface area contributed by atoms with Gasteiger partial charge in [0.2, 0.25) is 0 Å². The maximum atomic E-state index is 14.0. The molecule has 0 unspecified atom stereocenters. The largest absolute Gasteiger partial charge is 0.493 e. The van der Waals surface area contributed by atoms with E-state index in [0.29, 0.717) is 31.0 Å². The number of rotatable bonds is 5. The molecular weight excluding hydrogens is 414 g/mol. The first kappa shape index (κ1) is 22.2. The normalized spacial score (nSPS) is 19.0. The van der Waals surface area contributed by atoms with E-state index in [0.717, 1.165) is 57.0 Å². The van der Waals surface area contributed by atoms with E-state index in [-0.39, 0.29) is 17.4 Å². The fourth-order valence-corrected chi connectivity index (χ4v) is 4.40. The van der Waals surface area contributed by atoms with Gasteiger partial charge in [-0.3, -0.25) is 9.59 Å². The van der Waals surface area contributed by atoms with Gasteiger partial charge in [-0.15, -0.1) is 0 Å². The first-order valence-corrected chi connectivity index (χ1v) is 11.3. The molecule has 2 aliphatic heterocycles. The Hall–Kier alpha value is -2.96. The van der Waals surface area contributed by atoms with Crippen LogP contribution >= 0.6 is 0 Å². The van der Waals surface area contributed by atoms with Gasteiger partial charge in [-0.25, -0.2) is 8.78 Å². The van der Waals surface area contributed by atoms with Gasteiger partial charge >= 0.3 is 0 Å². The number of hydrogen-bond acceptors (Lipinski definition) is 3. The summed E-state index contributed by atoms with van der Waals surface area (Å²) in [7, 11) is 0. The van der Waals surface area contributed by atoms with Crippen LogP contribution in [-0.4, -0.2) is 54.4 Å². The molecule has 2 fully saturated rings. The van der Waals surface area contributed by atoms with Crippen molar-refractivity contribution in [2.45, 2.75) is 32.1 Å². The minimum atomic E-state index is -0.714. The molecule has 32 heavy (non-hydrogen) atoms. The molecule has 7 heteroatoms. The zero-order valence-corrected chi connectivity index (χ0v) is 18.1. The molecule has 4 rings (SSSR count). The van der Waals surface area contributed by atoms with E-state index in [1.807, 2.05) is 4.90 Å². The number of hydrogen-bond donors (Lipinski definition) is 0. The third-order valence-corrected chi connectivity index (χ3v) is 6.20. The Bertz CT molecular complexity index is 958. The summed E-state index contributed by atoms with van der Waals surface area (Å²) in [6.07, 6.45) is 4.96. The minimum absolute atomic E-state index is 0.0577. The Morgan fingerprint density at radius 1 is 0.875 bits per heavy atom. The smallest absolute Gasteiger partial charge is 0.256 e. The molecule has 2 heterocycles. The van der Waals surface area contributed by atoms with Crippen LogP contribution in [0.1, 0.15) is 52.8 Å². The number of carbonyl (C=O) groups excluding carboxylic acids is 2. The molecule has 0 radical (unpaired) electrons. The molecule has 170 valence electrons. The van der Waals surface area contributed by atoms with Crippen molar-refractivity contribution in [2.75, 3.05) is 32.8 Å². The number of halogens is 2. The SMILES string of the molecule is O=C(c1ccc(OC[C@@H]2CCCN(C(=O)c3cc(F)ccc3F)C2)cc1)N1CCCCC1. The van der Waals surface area contributed by atoms with Gasteiger partial charge in [0.25, 0.3) is 11.8 Å². The van der Waals surface area contributed by atoms with Crippen LogP contribution in [0.2, 0.25) is 0 Å². The zero-order chi connectivity index (χ0) is 22.5. The second-order valence-electron chi connectivity index (χ2n) is 8.57. The average Bonchev–Trinajstić information content (AvgIpc) is 2.84. The monoisotopic (exact) mass is 442 g/mol. The predicted molar refractivity (Wildman–Crippen MR) is 117 cm³/mol. The van der Waals surface area contributed by atoms with Gasteiger partial charge in [0.1, 0.15) is 17.4 Å². The van der Waals surface area contributed by atoms with Gasteiger partial charge in [0.05, 0.1) is 12.2 Å². The van der Waals surface area contributed by atoms with Gasteiger partial charge in [0, 0.05) is 37.7 Å². The van der Waals surface area contributed by atoms with Crippen molar-refractivity contribution >= 4 is 11.8 Å². The van der Waals surface area contributed by atoms with Crippen LogP contribution in [0.4, 0.5) is 8.78 Å². The van der Waals surface area contributed by atoms with Gasteiger partial charge < -0.3 is 14.5 Å². The van der Waals surface area contributed by atoms with Crippen molar-refractivity contribution in [2.24, 2.45) is 5.92 Å². The average molecular weight is 443 g/mol. The highest BCUT2D eigenvalue weighted by Gasteiger charge is 2.27. The van der Waals surface area contributed by atoms with Crippen LogP contribution in [0.25, 0.3) is 0 Å². The van der Waals surface area contributed by atoms with Crippen molar-refractivity contribution in [1.29, 1.82) is 0 Å². The first-order valence-electron chi connectivity index (χ1n) is 11.3. The lowest BCUT2D eigenvalue weighted by Gasteiger charge is -2.32. The standard InChI is InChI=1S/C25H28F2N2O3/c26-20-8-11-23(27)22(15-20)25(31)29-14-4-5-18(16-29)17-32-21-9-6-19(7-10-21)24(30)28-12-2-1-3-13-28/h6-11,15,18H,1-5,12-14,16-17H2/t18-/m1/s1. The van der Waals surface area contributed by atoms with Gasteiger partial charge in [-0.2, -0.15) is 0 Å². The number of amides is 2.